The van der Waals surface area contributed by atoms with Gasteiger partial charge in [0.05, 0.1) is 5.39 Å². The lowest BCUT2D eigenvalue weighted by Crippen LogP contribution is -1.98. The number of hydrogen-bond acceptors (Lipinski definition) is 3. The molecule has 0 radical (unpaired) electrons. The molecule has 0 atom stereocenters. The summed E-state index contributed by atoms with van der Waals surface area (Å²) < 4.78 is 6.82. The molecule has 2 aromatic heterocycles. The van der Waals surface area contributed by atoms with Gasteiger partial charge in [0.25, 0.3) is 0 Å². The number of aromatic nitrogens is 2. The molecule has 0 amide bonds. The van der Waals surface area contributed by atoms with E-state index in [2.05, 4.69) is 32.6 Å². The lowest BCUT2D eigenvalue weighted by Gasteiger charge is -2.09. The van der Waals surface area contributed by atoms with Crippen LogP contribution >= 0.6 is 34.2 Å². The second-order valence-corrected chi connectivity index (χ2v) is 5.79. The summed E-state index contributed by atoms with van der Waals surface area (Å²) in [5.74, 6) is 0.577. The van der Waals surface area contributed by atoms with E-state index in [4.69, 9.17) is 16.3 Å². The van der Waals surface area contributed by atoms with Gasteiger partial charge in [-0.25, -0.2) is 9.97 Å². The topological polar surface area (TPSA) is 35.0 Å². The smallest absolute Gasteiger partial charge is 0.223 e. The number of rotatable bonds is 3. The summed E-state index contributed by atoms with van der Waals surface area (Å²) >= 11 is 8.17. The van der Waals surface area contributed by atoms with Gasteiger partial charge in [-0.05, 0) is 34.2 Å². The highest BCUT2D eigenvalue weighted by Gasteiger charge is 2.08. The monoisotopic (exact) mass is 396 g/mol. The molecule has 0 saturated carbocycles. The molecule has 0 saturated heterocycles. The van der Waals surface area contributed by atoms with Crippen LogP contribution in [0.5, 0.6) is 5.88 Å². The number of hydrogen-bond donors (Lipinski definition) is 0. The summed E-state index contributed by atoms with van der Waals surface area (Å²) in [7, 11) is 0. The molecule has 0 unspecified atom stereocenters. The molecule has 3 aromatic rings. The van der Waals surface area contributed by atoms with Crippen molar-refractivity contribution in [2.45, 2.75) is 6.61 Å². The number of nitrogens with zero attached hydrogens (tertiary/aromatic N) is 2. The summed E-state index contributed by atoms with van der Waals surface area (Å²) in [6.07, 6.45) is 3.48. The number of benzene rings is 1. The van der Waals surface area contributed by atoms with Gasteiger partial charge in [-0.1, -0.05) is 41.9 Å². The third-order valence-electron chi connectivity index (χ3n) is 2.87. The largest absolute Gasteiger partial charge is 0.472 e. The molecule has 0 spiro atoms. The van der Waals surface area contributed by atoms with Gasteiger partial charge in [-0.15, -0.1) is 0 Å². The van der Waals surface area contributed by atoms with Gasteiger partial charge in [0.15, 0.2) is 0 Å². The Morgan fingerprint density at radius 3 is 2.65 bits per heavy atom. The fourth-order valence-electron chi connectivity index (χ4n) is 1.89. The Kier molecular flexibility index (Phi) is 4.03. The van der Waals surface area contributed by atoms with E-state index >= 15 is 0 Å². The Morgan fingerprint density at radius 1 is 1.05 bits per heavy atom. The van der Waals surface area contributed by atoms with E-state index in [1.54, 1.807) is 12.4 Å². The highest BCUT2D eigenvalue weighted by atomic mass is 127. The Hall–Kier alpha value is -1.40. The minimum absolute atomic E-state index is 0.468. The van der Waals surface area contributed by atoms with Gasteiger partial charge in [0, 0.05) is 21.4 Å². The standard InChI is InChI=1S/C15H10ClIN2O/c16-14-6-11-12(7-18-14)15(19-8-13(11)17)20-9-10-4-2-1-3-5-10/h1-8H,9H2. The number of fused-ring (bicyclic) bond motifs is 1. The number of ether oxygens (including phenoxy) is 1. The zero-order valence-electron chi connectivity index (χ0n) is 10.4. The summed E-state index contributed by atoms with van der Waals surface area (Å²) in [6.45, 7) is 0.478. The van der Waals surface area contributed by atoms with Gasteiger partial charge in [-0.3, -0.25) is 0 Å². The molecule has 5 heteroatoms. The van der Waals surface area contributed by atoms with Crippen molar-refractivity contribution >= 4 is 45.0 Å². The molecule has 2 heterocycles. The van der Waals surface area contributed by atoms with E-state index in [1.165, 1.54) is 0 Å². The van der Waals surface area contributed by atoms with Crippen LogP contribution in [0, 0.1) is 3.57 Å². The minimum atomic E-state index is 0.468. The highest BCUT2D eigenvalue weighted by Crippen LogP contribution is 2.28. The van der Waals surface area contributed by atoms with Crippen molar-refractivity contribution < 1.29 is 4.74 Å². The number of pyridine rings is 2. The molecule has 100 valence electrons. The molecule has 0 fully saturated rings. The first-order valence-electron chi connectivity index (χ1n) is 6.00. The lowest BCUT2D eigenvalue weighted by atomic mass is 10.2. The van der Waals surface area contributed by atoms with Gasteiger partial charge in [0.2, 0.25) is 5.88 Å². The molecule has 0 aliphatic rings. The number of halogens is 2. The maximum Gasteiger partial charge on any atom is 0.223 e. The third kappa shape index (κ3) is 2.86. The van der Waals surface area contributed by atoms with Gasteiger partial charge < -0.3 is 4.74 Å². The quantitative estimate of drug-likeness (QED) is 0.484. The zero-order valence-corrected chi connectivity index (χ0v) is 13.3. The normalized spacial score (nSPS) is 10.7. The van der Waals surface area contributed by atoms with E-state index in [0.29, 0.717) is 17.6 Å². The Balaban J connectivity index is 1.94. The van der Waals surface area contributed by atoms with Gasteiger partial charge in [-0.2, -0.15) is 0 Å². The molecule has 0 N–H and O–H groups in total. The van der Waals surface area contributed by atoms with Crippen LogP contribution < -0.4 is 4.74 Å². The Morgan fingerprint density at radius 2 is 1.85 bits per heavy atom. The van der Waals surface area contributed by atoms with E-state index in [9.17, 15) is 0 Å². The van der Waals surface area contributed by atoms with Crippen molar-refractivity contribution in [3.05, 3.63) is 63.1 Å². The fourth-order valence-corrected chi connectivity index (χ4v) is 2.64. The van der Waals surface area contributed by atoms with Crippen LogP contribution in [-0.4, -0.2) is 9.97 Å². The average molecular weight is 397 g/mol. The predicted octanol–water partition coefficient (Wildman–Crippen LogP) is 4.47. The summed E-state index contributed by atoms with van der Waals surface area (Å²) in [5.41, 5.74) is 1.10. The van der Waals surface area contributed by atoms with Crippen molar-refractivity contribution in [3.63, 3.8) is 0 Å². The lowest BCUT2D eigenvalue weighted by molar-refractivity contribution is 0.298. The maximum atomic E-state index is 5.94. The maximum absolute atomic E-state index is 5.94. The third-order valence-corrected chi connectivity index (χ3v) is 3.94. The van der Waals surface area contributed by atoms with Crippen LogP contribution in [0.3, 0.4) is 0 Å². The van der Waals surface area contributed by atoms with Crippen LogP contribution in [0.1, 0.15) is 5.56 Å². The highest BCUT2D eigenvalue weighted by molar-refractivity contribution is 14.1. The first-order chi connectivity index (χ1) is 9.74. The molecule has 1 aromatic carbocycles. The molecule has 0 bridgehead atoms. The van der Waals surface area contributed by atoms with Crippen LogP contribution in [0.25, 0.3) is 10.8 Å². The van der Waals surface area contributed by atoms with Crippen molar-refractivity contribution in [3.8, 4) is 5.88 Å². The SMILES string of the molecule is Clc1cc2c(I)cnc(OCc3ccccc3)c2cn1. The van der Waals surface area contributed by atoms with E-state index < -0.39 is 0 Å². The van der Waals surface area contributed by atoms with Crippen LogP contribution in [-0.2, 0) is 6.61 Å². The van der Waals surface area contributed by atoms with Crippen molar-refractivity contribution in [2.75, 3.05) is 0 Å². The molecule has 3 nitrogen and oxygen atoms in total. The van der Waals surface area contributed by atoms with E-state index in [1.807, 2.05) is 36.4 Å². The van der Waals surface area contributed by atoms with Crippen molar-refractivity contribution in [1.29, 1.82) is 0 Å². The summed E-state index contributed by atoms with van der Waals surface area (Å²) in [6, 6.07) is 11.8. The van der Waals surface area contributed by atoms with Crippen molar-refractivity contribution in [2.24, 2.45) is 0 Å². The van der Waals surface area contributed by atoms with Gasteiger partial charge in [0.1, 0.15) is 11.8 Å². The second-order valence-electron chi connectivity index (χ2n) is 4.24. The average Bonchev–Trinajstić information content (AvgIpc) is 2.48. The molecule has 0 aliphatic carbocycles. The summed E-state index contributed by atoms with van der Waals surface area (Å²) in [5, 5.41) is 2.34. The van der Waals surface area contributed by atoms with Crippen LogP contribution in [0.4, 0.5) is 0 Å². The first kappa shape index (κ1) is 13.6. The molecule has 20 heavy (non-hydrogen) atoms. The zero-order chi connectivity index (χ0) is 13.9. The predicted molar refractivity (Wildman–Crippen MR) is 88.0 cm³/mol. The Bertz CT molecular complexity index is 749. The van der Waals surface area contributed by atoms with E-state index in [-0.39, 0.29) is 0 Å². The minimum Gasteiger partial charge on any atom is -0.472 e. The molecular weight excluding hydrogens is 387 g/mol. The molecular formula is C15H10ClIN2O. The fraction of sp³-hybridized carbons (Fsp3) is 0.0667. The first-order valence-corrected chi connectivity index (χ1v) is 7.46. The van der Waals surface area contributed by atoms with Gasteiger partial charge >= 0.3 is 0 Å². The van der Waals surface area contributed by atoms with Crippen LogP contribution in [0.15, 0.2) is 48.8 Å². The van der Waals surface area contributed by atoms with E-state index in [0.717, 1.165) is 19.9 Å². The van der Waals surface area contributed by atoms with Crippen LogP contribution in [0.2, 0.25) is 5.15 Å². The summed E-state index contributed by atoms with van der Waals surface area (Å²) in [4.78, 5) is 8.44. The Labute approximate surface area is 135 Å². The molecule has 0 aliphatic heterocycles. The van der Waals surface area contributed by atoms with Crippen molar-refractivity contribution in [1.82, 2.24) is 9.97 Å². The molecule has 3 rings (SSSR count). The second kappa shape index (κ2) is 5.93.